The molecule has 1 aromatic carbocycles. The molecule has 0 radical (unpaired) electrons. The van der Waals surface area contributed by atoms with Gasteiger partial charge in [0.2, 0.25) is 17.8 Å². The van der Waals surface area contributed by atoms with Gasteiger partial charge in [-0.15, -0.1) is 0 Å². The van der Waals surface area contributed by atoms with E-state index in [-0.39, 0.29) is 6.04 Å². The minimum absolute atomic E-state index is 0.258. The summed E-state index contributed by atoms with van der Waals surface area (Å²) in [5.41, 5.74) is 7.96. The van der Waals surface area contributed by atoms with E-state index in [1.165, 1.54) is 19.3 Å². The van der Waals surface area contributed by atoms with Crippen molar-refractivity contribution in [2.45, 2.75) is 52.5 Å². The van der Waals surface area contributed by atoms with Crippen molar-refractivity contribution >= 4 is 23.5 Å². The van der Waals surface area contributed by atoms with E-state index in [4.69, 9.17) is 10.5 Å². The number of nitrogens with zero attached hydrogens (tertiary/aromatic N) is 3. The zero-order chi connectivity index (χ0) is 23.9. The number of amides is 1. The van der Waals surface area contributed by atoms with Crippen LogP contribution in [-0.4, -0.2) is 46.6 Å². The zero-order valence-electron chi connectivity index (χ0n) is 20.2. The van der Waals surface area contributed by atoms with Crippen molar-refractivity contribution in [3.8, 4) is 6.01 Å². The molecule has 2 heterocycles. The monoisotopic (exact) mass is 465 g/mol. The lowest BCUT2D eigenvalue weighted by Crippen LogP contribution is -2.53. The third kappa shape index (κ3) is 4.53. The van der Waals surface area contributed by atoms with E-state index in [0.29, 0.717) is 47.3 Å². The number of nitrogens with two attached hydrogens (primary N) is 1. The normalized spacial score (nSPS) is 27.0. The third-order valence-corrected chi connectivity index (χ3v) is 8.20. The number of hydrogen-bond acceptors (Lipinski definition) is 8. The Morgan fingerprint density at radius 1 is 1.21 bits per heavy atom. The molecule has 0 spiro atoms. The number of benzene rings is 1. The summed E-state index contributed by atoms with van der Waals surface area (Å²) in [6.45, 7) is 9.18. The van der Waals surface area contributed by atoms with Gasteiger partial charge < -0.3 is 26.4 Å². The maximum absolute atomic E-state index is 11.6. The molecule has 9 nitrogen and oxygen atoms in total. The highest BCUT2D eigenvalue weighted by Crippen LogP contribution is 2.61. The van der Waals surface area contributed by atoms with Gasteiger partial charge in [0.15, 0.2) is 0 Å². The Labute approximate surface area is 200 Å². The molecule has 4 aliphatic rings. The van der Waals surface area contributed by atoms with Crippen LogP contribution in [0, 0.1) is 30.1 Å². The van der Waals surface area contributed by atoms with Gasteiger partial charge in [-0.2, -0.15) is 15.0 Å². The first-order valence-electron chi connectivity index (χ1n) is 12.3. The lowest BCUT2D eigenvalue weighted by atomic mass is 9.46. The Morgan fingerprint density at radius 3 is 2.74 bits per heavy atom. The maximum atomic E-state index is 11.6. The molecule has 4 fully saturated rings. The smallest absolute Gasteiger partial charge is 0.323 e. The summed E-state index contributed by atoms with van der Waals surface area (Å²) in [5.74, 6) is 2.46. The molecule has 9 heteroatoms. The first-order valence-corrected chi connectivity index (χ1v) is 12.3. The molecule has 1 amide bonds. The second kappa shape index (κ2) is 9.02. The SMILES string of the molecule is Cc1ccc(C(N)=O)cc1Nc1nc(N[C@@H]2CCNC2)nc(OC[C@H]2CC[C@H]3C[C@H]2C3(C)C)n1. The summed E-state index contributed by atoms with van der Waals surface area (Å²) < 4.78 is 6.18. The van der Waals surface area contributed by atoms with Gasteiger partial charge in [0, 0.05) is 23.8 Å². The number of aromatic nitrogens is 3. The maximum Gasteiger partial charge on any atom is 0.323 e. The number of nitrogens with one attached hydrogen (secondary N) is 3. The lowest BCUT2D eigenvalue weighted by molar-refractivity contribution is -0.114. The minimum atomic E-state index is -0.479. The van der Waals surface area contributed by atoms with E-state index in [2.05, 4.69) is 44.7 Å². The van der Waals surface area contributed by atoms with Crippen LogP contribution in [0.25, 0.3) is 0 Å². The fraction of sp³-hybridized carbons (Fsp3) is 0.600. The van der Waals surface area contributed by atoms with Gasteiger partial charge in [-0.3, -0.25) is 4.79 Å². The van der Waals surface area contributed by atoms with Gasteiger partial charge in [-0.1, -0.05) is 19.9 Å². The number of rotatable bonds is 8. The number of carbonyl (C=O) groups is 1. The number of fused-ring (bicyclic) bond motifs is 2. The Kier molecular flexibility index (Phi) is 6.06. The largest absolute Gasteiger partial charge is 0.463 e. The number of carbonyl (C=O) groups excluding carboxylic acids is 1. The average Bonchev–Trinajstić information content (AvgIpc) is 3.32. The van der Waals surface area contributed by atoms with Crippen molar-refractivity contribution in [3.63, 3.8) is 0 Å². The van der Waals surface area contributed by atoms with E-state index < -0.39 is 5.91 Å². The second-order valence-corrected chi connectivity index (χ2v) is 10.6. The van der Waals surface area contributed by atoms with Crippen LogP contribution >= 0.6 is 0 Å². The van der Waals surface area contributed by atoms with Crippen molar-refractivity contribution in [3.05, 3.63) is 29.3 Å². The number of primary amides is 1. The standard InChI is InChI=1S/C25H35N7O2/c1-14-4-5-15(21(26)33)10-20(14)29-23-30-22(28-18-8-9-27-12-18)31-24(32-23)34-13-16-6-7-17-11-19(16)25(17,2)3/h4-5,10,16-19,27H,6-9,11-13H2,1-3H3,(H2,26,33)(H2,28,29,30,31,32)/t16-,17+,18-,19-/m1/s1. The fourth-order valence-electron chi connectivity index (χ4n) is 5.88. The Balaban J connectivity index is 1.36. The van der Waals surface area contributed by atoms with Crippen LogP contribution in [0.15, 0.2) is 18.2 Å². The molecular formula is C25H35N7O2. The van der Waals surface area contributed by atoms with Gasteiger partial charge >= 0.3 is 6.01 Å². The van der Waals surface area contributed by atoms with E-state index >= 15 is 0 Å². The minimum Gasteiger partial charge on any atom is -0.463 e. The zero-order valence-corrected chi connectivity index (χ0v) is 20.2. The van der Waals surface area contributed by atoms with Crippen molar-refractivity contribution in [2.75, 3.05) is 30.3 Å². The molecule has 182 valence electrons. The van der Waals surface area contributed by atoms with Crippen LogP contribution < -0.4 is 26.4 Å². The van der Waals surface area contributed by atoms with Gasteiger partial charge in [-0.05, 0) is 80.0 Å². The van der Waals surface area contributed by atoms with Crippen molar-refractivity contribution in [1.29, 1.82) is 0 Å². The third-order valence-electron chi connectivity index (χ3n) is 8.20. The highest BCUT2D eigenvalue weighted by molar-refractivity contribution is 5.94. The van der Waals surface area contributed by atoms with Gasteiger partial charge in [-0.25, -0.2) is 0 Å². The topological polar surface area (TPSA) is 127 Å². The molecule has 5 N–H and O–H groups in total. The molecule has 6 rings (SSSR count). The predicted molar refractivity (Wildman–Crippen MR) is 131 cm³/mol. The van der Waals surface area contributed by atoms with Crippen molar-refractivity contribution in [2.24, 2.45) is 28.9 Å². The molecule has 1 aliphatic heterocycles. The summed E-state index contributed by atoms with van der Waals surface area (Å²) >= 11 is 0. The Morgan fingerprint density at radius 2 is 2.03 bits per heavy atom. The summed E-state index contributed by atoms with van der Waals surface area (Å²) in [6.07, 6.45) is 4.79. The van der Waals surface area contributed by atoms with Gasteiger partial charge in [0.1, 0.15) is 0 Å². The molecule has 1 aromatic heterocycles. The second-order valence-electron chi connectivity index (χ2n) is 10.6. The van der Waals surface area contributed by atoms with E-state index in [1.807, 2.05) is 13.0 Å². The van der Waals surface area contributed by atoms with Crippen LogP contribution in [0.3, 0.4) is 0 Å². The van der Waals surface area contributed by atoms with Crippen molar-refractivity contribution in [1.82, 2.24) is 20.3 Å². The Bertz CT molecular complexity index is 1070. The molecule has 2 bridgehead atoms. The molecular weight excluding hydrogens is 430 g/mol. The molecule has 3 aliphatic carbocycles. The van der Waals surface area contributed by atoms with E-state index in [0.717, 1.165) is 36.7 Å². The Hall–Kier alpha value is -2.94. The molecule has 3 saturated carbocycles. The van der Waals surface area contributed by atoms with Gasteiger partial charge in [0.05, 0.1) is 6.61 Å². The van der Waals surface area contributed by atoms with Crippen LogP contribution in [0.2, 0.25) is 0 Å². The summed E-state index contributed by atoms with van der Waals surface area (Å²) in [7, 11) is 0. The highest BCUT2D eigenvalue weighted by atomic mass is 16.5. The van der Waals surface area contributed by atoms with Crippen LogP contribution in [0.1, 0.15) is 55.5 Å². The van der Waals surface area contributed by atoms with Crippen molar-refractivity contribution < 1.29 is 9.53 Å². The van der Waals surface area contributed by atoms with E-state index in [9.17, 15) is 4.79 Å². The molecule has 0 unspecified atom stereocenters. The first-order chi connectivity index (χ1) is 16.3. The van der Waals surface area contributed by atoms with Crippen LogP contribution in [0.4, 0.5) is 17.6 Å². The first kappa shape index (κ1) is 22.8. The van der Waals surface area contributed by atoms with Crippen LogP contribution in [-0.2, 0) is 0 Å². The summed E-state index contributed by atoms with van der Waals surface area (Å²) in [4.78, 5) is 25.3. The fourth-order valence-corrected chi connectivity index (χ4v) is 5.88. The number of aryl methyl sites for hydroxylation is 1. The van der Waals surface area contributed by atoms with Crippen LogP contribution in [0.5, 0.6) is 6.01 Å². The van der Waals surface area contributed by atoms with Gasteiger partial charge in [0.25, 0.3) is 0 Å². The molecule has 1 saturated heterocycles. The quantitative estimate of drug-likeness (QED) is 0.468. The summed E-state index contributed by atoms with van der Waals surface area (Å²) in [6, 6.07) is 5.85. The number of anilines is 3. The average molecular weight is 466 g/mol. The molecule has 34 heavy (non-hydrogen) atoms. The van der Waals surface area contributed by atoms with E-state index in [1.54, 1.807) is 12.1 Å². The predicted octanol–water partition coefficient (Wildman–Crippen LogP) is 3.25. The molecule has 4 atom stereocenters. The number of ether oxygens (including phenoxy) is 1. The summed E-state index contributed by atoms with van der Waals surface area (Å²) in [5, 5.41) is 9.98. The molecule has 2 aromatic rings. The lowest BCUT2D eigenvalue weighted by Gasteiger charge is -2.60. The number of hydrogen-bond donors (Lipinski definition) is 4. The highest BCUT2D eigenvalue weighted by Gasteiger charge is 2.54.